The van der Waals surface area contributed by atoms with Gasteiger partial charge in [0.25, 0.3) is 4.87 Å². The largest absolute Gasteiger partial charge is 0.429 e. The summed E-state index contributed by atoms with van der Waals surface area (Å²) in [6.45, 7) is 0. The first-order valence-electron chi connectivity index (χ1n) is 5.10. The van der Waals surface area contributed by atoms with Crippen molar-refractivity contribution in [2.75, 3.05) is 0 Å². The third-order valence-electron chi connectivity index (χ3n) is 2.29. The zero-order chi connectivity index (χ0) is 11.7. The lowest BCUT2D eigenvalue weighted by Gasteiger charge is -1.90. The molecule has 2 aromatic carbocycles. The van der Waals surface area contributed by atoms with Gasteiger partial charge in [0.1, 0.15) is 5.58 Å². The molecule has 1 aromatic heterocycles. The van der Waals surface area contributed by atoms with Crippen LogP contribution in [0.5, 0.6) is 0 Å². The Morgan fingerprint density at radius 1 is 1.00 bits per heavy atom. The minimum absolute atomic E-state index is 0.675. The standard InChI is InChI=1S/C13H8BrNOS/c14-9-5-7-10(8-6-9)15-13-16-11-3-1-2-4-12(11)17-13/h1-8H. The fraction of sp³-hybridized carbons (Fsp3) is 0. The van der Waals surface area contributed by atoms with Crippen LogP contribution >= 0.6 is 27.3 Å². The number of nitrogens with zero attached hydrogens (tertiary/aromatic N) is 1. The monoisotopic (exact) mass is 305 g/mol. The molecular weight excluding hydrogens is 298 g/mol. The minimum atomic E-state index is 0.675. The van der Waals surface area contributed by atoms with Crippen LogP contribution in [0.2, 0.25) is 0 Å². The lowest BCUT2D eigenvalue weighted by molar-refractivity contribution is 0.570. The maximum atomic E-state index is 5.64. The van der Waals surface area contributed by atoms with E-state index in [1.807, 2.05) is 48.5 Å². The van der Waals surface area contributed by atoms with Crippen molar-refractivity contribution in [3.8, 4) is 0 Å². The molecule has 0 amide bonds. The number of fused-ring (bicyclic) bond motifs is 1. The number of halogens is 1. The Kier molecular flexibility index (Phi) is 2.82. The Morgan fingerprint density at radius 3 is 2.53 bits per heavy atom. The Hall–Kier alpha value is -1.39. The van der Waals surface area contributed by atoms with Gasteiger partial charge in [-0.3, -0.25) is 0 Å². The van der Waals surface area contributed by atoms with Gasteiger partial charge < -0.3 is 4.42 Å². The molecule has 0 N–H and O–H groups in total. The summed E-state index contributed by atoms with van der Waals surface area (Å²) in [5, 5.41) is 0. The van der Waals surface area contributed by atoms with Crippen LogP contribution in [0.1, 0.15) is 0 Å². The summed E-state index contributed by atoms with van der Waals surface area (Å²) in [7, 11) is 0. The van der Waals surface area contributed by atoms with Crippen LogP contribution in [0.15, 0.2) is 62.4 Å². The van der Waals surface area contributed by atoms with Gasteiger partial charge in [0.2, 0.25) is 0 Å². The van der Waals surface area contributed by atoms with E-state index in [0.717, 1.165) is 20.4 Å². The number of para-hydroxylation sites is 1. The summed E-state index contributed by atoms with van der Waals surface area (Å²) < 4.78 is 7.80. The first-order valence-corrected chi connectivity index (χ1v) is 6.71. The fourth-order valence-corrected chi connectivity index (χ4v) is 2.59. The van der Waals surface area contributed by atoms with E-state index < -0.39 is 0 Å². The molecule has 0 atom stereocenters. The zero-order valence-electron chi connectivity index (χ0n) is 8.76. The Morgan fingerprint density at radius 2 is 1.76 bits per heavy atom. The van der Waals surface area contributed by atoms with E-state index in [2.05, 4.69) is 20.9 Å². The van der Waals surface area contributed by atoms with Crippen LogP contribution in [0.4, 0.5) is 5.69 Å². The van der Waals surface area contributed by atoms with Crippen LogP contribution in [-0.4, -0.2) is 0 Å². The smallest absolute Gasteiger partial charge is 0.279 e. The molecule has 0 unspecified atom stereocenters. The Balaban J connectivity index is 2.11. The van der Waals surface area contributed by atoms with Gasteiger partial charge in [-0.05, 0) is 36.4 Å². The maximum absolute atomic E-state index is 5.64. The first kappa shape index (κ1) is 10.7. The highest BCUT2D eigenvalue weighted by atomic mass is 79.9. The molecule has 0 aliphatic carbocycles. The summed E-state index contributed by atoms with van der Waals surface area (Å²) >= 11 is 4.95. The average Bonchev–Trinajstić information content (AvgIpc) is 2.74. The Labute approximate surface area is 110 Å². The number of rotatable bonds is 1. The van der Waals surface area contributed by atoms with Crippen LogP contribution in [0, 0.1) is 0 Å². The van der Waals surface area contributed by atoms with Crippen molar-refractivity contribution in [3.05, 3.63) is 57.9 Å². The van der Waals surface area contributed by atoms with Gasteiger partial charge >= 0.3 is 0 Å². The lowest BCUT2D eigenvalue weighted by Crippen LogP contribution is -1.87. The number of hydrogen-bond donors (Lipinski definition) is 0. The van der Waals surface area contributed by atoms with Gasteiger partial charge in [-0.25, -0.2) is 4.99 Å². The quantitative estimate of drug-likeness (QED) is 0.650. The molecule has 0 fully saturated rings. The average molecular weight is 306 g/mol. The summed E-state index contributed by atoms with van der Waals surface area (Å²) in [6, 6.07) is 15.8. The highest BCUT2D eigenvalue weighted by Gasteiger charge is 1.98. The number of benzene rings is 2. The molecule has 0 bridgehead atoms. The van der Waals surface area contributed by atoms with Gasteiger partial charge in [0, 0.05) is 4.47 Å². The fourth-order valence-electron chi connectivity index (χ4n) is 1.49. The highest BCUT2D eigenvalue weighted by molar-refractivity contribution is 9.10. The second-order valence-corrected chi connectivity index (χ2v) is 5.41. The Bertz CT molecular complexity index is 676. The van der Waals surface area contributed by atoms with Crippen molar-refractivity contribution in [1.82, 2.24) is 0 Å². The number of hydrogen-bond acceptors (Lipinski definition) is 3. The zero-order valence-corrected chi connectivity index (χ0v) is 11.2. The van der Waals surface area contributed by atoms with Gasteiger partial charge in [-0.1, -0.05) is 39.4 Å². The van der Waals surface area contributed by atoms with Crippen molar-refractivity contribution in [2.24, 2.45) is 4.99 Å². The van der Waals surface area contributed by atoms with E-state index in [1.54, 1.807) is 11.3 Å². The molecule has 2 nitrogen and oxygen atoms in total. The van der Waals surface area contributed by atoms with Crippen LogP contribution in [-0.2, 0) is 0 Å². The lowest BCUT2D eigenvalue weighted by atomic mass is 10.3. The first-order chi connectivity index (χ1) is 8.31. The molecular formula is C13H8BrNOS. The summed E-state index contributed by atoms with van der Waals surface area (Å²) in [6.07, 6.45) is 0. The summed E-state index contributed by atoms with van der Waals surface area (Å²) in [5.41, 5.74) is 1.77. The molecule has 1 heterocycles. The normalized spacial score (nSPS) is 12.2. The molecule has 0 saturated heterocycles. The van der Waals surface area contributed by atoms with Gasteiger partial charge in [0.15, 0.2) is 0 Å². The van der Waals surface area contributed by atoms with E-state index in [-0.39, 0.29) is 0 Å². The van der Waals surface area contributed by atoms with Crippen molar-refractivity contribution in [2.45, 2.75) is 0 Å². The van der Waals surface area contributed by atoms with E-state index in [4.69, 9.17) is 4.42 Å². The van der Waals surface area contributed by atoms with Crippen molar-refractivity contribution in [1.29, 1.82) is 0 Å². The van der Waals surface area contributed by atoms with Crippen LogP contribution in [0.3, 0.4) is 0 Å². The van der Waals surface area contributed by atoms with E-state index in [1.165, 1.54) is 0 Å². The molecule has 0 saturated carbocycles. The topological polar surface area (TPSA) is 25.5 Å². The van der Waals surface area contributed by atoms with Gasteiger partial charge in [0.05, 0.1) is 10.4 Å². The predicted molar refractivity (Wildman–Crippen MR) is 73.5 cm³/mol. The van der Waals surface area contributed by atoms with Crippen molar-refractivity contribution in [3.63, 3.8) is 0 Å². The second-order valence-electron chi connectivity index (χ2n) is 3.50. The molecule has 0 aliphatic rings. The van der Waals surface area contributed by atoms with Crippen molar-refractivity contribution >= 4 is 43.2 Å². The molecule has 0 spiro atoms. The molecule has 0 radical (unpaired) electrons. The highest BCUT2D eigenvalue weighted by Crippen LogP contribution is 2.19. The molecule has 3 rings (SSSR count). The molecule has 0 aliphatic heterocycles. The second kappa shape index (κ2) is 4.47. The van der Waals surface area contributed by atoms with Crippen LogP contribution in [0.25, 0.3) is 10.3 Å². The molecule has 17 heavy (non-hydrogen) atoms. The molecule has 3 aromatic rings. The molecule has 84 valence electrons. The summed E-state index contributed by atoms with van der Waals surface area (Å²) in [4.78, 5) is 5.13. The van der Waals surface area contributed by atoms with Crippen LogP contribution < -0.4 is 4.87 Å². The summed E-state index contributed by atoms with van der Waals surface area (Å²) in [5.74, 6) is 0. The van der Waals surface area contributed by atoms with Gasteiger partial charge in [-0.15, -0.1) is 0 Å². The third kappa shape index (κ3) is 2.33. The SMILES string of the molecule is Brc1ccc(N=c2oc3ccccc3s2)cc1. The van der Waals surface area contributed by atoms with Gasteiger partial charge in [-0.2, -0.15) is 0 Å². The van der Waals surface area contributed by atoms with E-state index in [9.17, 15) is 0 Å². The minimum Gasteiger partial charge on any atom is -0.429 e. The van der Waals surface area contributed by atoms with Crippen molar-refractivity contribution < 1.29 is 4.42 Å². The molecule has 4 heteroatoms. The van der Waals surface area contributed by atoms with E-state index >= 15 is 0 Å². The third-order valence-corrected chi connectivity index (χ3v) is 3.73. The van der Waals surface area contributed by atoms with E-state index in [0.29, 0.717) is 4.87 Å². The predicted octanol–water partition coefficient (Wildman–Crippen LogP) is 4.49. The maximum Gasteiger partial charge on any atom is 0.279 e.